The lowest BCUT2D eigenvalue weighted by Gasteiger charge is -1.99. The van der Waals surface area contributed by atoms with Crippen LogP contribution in [0.15, 0.2) is 48.1 Å². The molecule has 0 unspecified atom stereocenters. The number of para-hydroxylation sites is 2. The summed E-state index contributed by atoms with van der Waals surface area (Å²) in [5.74, 6) is 0.982. The minimum absolute atomic E-state index is 0.946. The third kappa shape index (κ3) is 2.34. The van der Waals surface area contributed by atoms with Crippen LogP contribution in [-0.2, 0) is 6.54 Å². The van der Waals surface area contributed by atoms with Gasteiger partial charge in [-0.15, -0.1) is 0 Å². The van der Waals surface area contributed by atoms with Crippen LogP contribution in [0.5, 0.6) is 0 Å². The molecule has 0 atom stereocenters. The number of aromatic amines is 1. The number of nitrogens with one attached hydrogen (secondary N) is 1. The highest BCUT2D eigenvalue weighted by atomic mass is 32.2. The average molecular weight is 244 g/mol. The van der Waals surface area contributed by atoms with E-state index in [2.05, 4.69) is 19.5 Å². The van der Waals surface area contributed by atoms with Gasteiger partial charge in [0.1, 0.15) is 0 Å². The largest absolute Gasteiger partial charge is 0.337 e. The molecule has 0 radical (unpaired) electrons. The molecule has 17 heavy (non-hydrogen) atoms. The number of imidazole rings is 2. The quantitative estimate of drug-likeness (QED) is 0.717. The number of aryl methyl sites for hydroxylation is 1. The van der Waals surface area contributed by atoms with Crippen LogP contribution in [0.1, 0.15) is 0 Å². The van der Waals surface area contributed by atoms with E-state index in [9.17, 15) is 0 Å². The summed E-state index contributed by atoms with van der Waals surface area (Å²) >= 11 is 1.73. The van der Waals surface area contributed by atoms with Crippen molar-refractivity contribution in [2.45, 2.75) is 11.7 Å². The summed E-state index contributed by atoms with van der Waals surface area (Å²) in [5, 5.41) is 0.978. The van der Waals surface area contributed by atoms with Gasteiger partial charge in [-0.1, -0.05) is 23.9 Å². The topological polar surface area (TPSA) is 46.5 Å². The molecule has 0 aliphatic carbocycles. The third-order valence-electron chi connectivity index (χ3n) is 2.52. The molecule has 0 saturated heterocycles. The molecule has 2 aromatic heterocycles. The first-order valence-electron chi connectivity index (χ1n) is 5.45. The first-order chi connectivity index (χ1) is 8.42. The Balaban J connectivity index is 1.65. The van der Waals surface area contributed by atoms with Gasteiger partial charge in [-0.05, 0) is 12.1 Å². The van der Waals surface area contributed by atoms with Crippen LogP contribution in [-0.4, -0.2) is 25.3 Å². The normalized spacial score (nSPS) is 11.1. The van der Waals surface area contributed by atoms with Gasteiger partial charge in [-0.25, -0.2) is 9.97 Å². The number of aromatic nitrogens is 4. The highest BCUT2D eigenvalue weighted by molar-refractivity contribution is 7.99. The van der Waals surface area contributed by atoms with Gasteiger partial charge in [0.05, 0.1) is 17.4 Å². The van der Waals surface area contributed by atoms with Crippen LogP contribution in [0.4, 0.5) is 0 Å². The Labute approximate surface area is 103 Å². The number of benzene rings is 1. The Bertz CT molecular complexity index is 567. The zero-order chi connectivity index (χ0) is 11.5. The molecule has 3 aromatic rings. The molecule has 5 heteroatoms. The number of thioether (sulfide) groups is 1. The molecule has 0 aliphatic rings. The van der Waals surface area contributed by atoms with Gasteiger partial charge in [0, 0.05) is 24.7 Å². The molecule has 1 aromatic carbocycles. The second-order valence-corrected chi connectivity index (χ2v) is 4.79. The van der Waals surface area contributed by atoms with E-state index in [0.717, 1.165) is 28.5 Å². The van der Waals surface area contributed by atoms with E-state index >= 15 is 0 Å². The molecular weight excluding hydrogens is 232 g/mol. The minimum Gasteiger partial charge on any atom is -0.337 e. The van der Waals surface area contributed by atoms with E-state index in [1.54, 1.807) is 18.0 Å². The SMILES string of the molecule is c1ccc2[nH]c(SCCn3ccnc3)nc2c1. The fourth-order valence-corrected chi connectivity index (χ4v) is 2.50. The van der Waals surface area contributed by atoms with E-state index in [0.29, 0.717) is 0 Å². The Morgan fingerprint density at radius 1 is 1.29 bits per heavy atom. The Kier molecular flexibility index (Phi) is 2.83. The molecule has 0 bridgehead atoms. The highest BCUT2D eigenvalue weighted by Gasteiger charge is 2.01. The third-order valence-corrected chi connectivity index (χ3v) is 3.37. The van der Waals surface area contributed by atoms with Gasteiger partial charge >= 0.3 is 0 Å². The van der Waals surface area contributed by atoms with Crippen molar-refractivity contribution >= 4 is 22.8 Å². The maximum atomic E-state index is 4.51. The maximum Gasteiger partial charge on any atom is 0.166 e. The molecule has 2 heterocycles. The Morgan fingerprint density at radius 3 is 3.06 bits per heavy atom. The first kappa shape index (κ1) is 10.4. The molecule has 3 rings (SSSR count). The van der Waals surface area contributed by atoms with Crippen molar-refractivity contribution in [3.63, 3.8) is 0 Å². The zero-order valence-corrected chi connectivity index (χ0v) is 10.0. The van der Waals surface area contributed by atoms with Crippen molar-refractivity contribution in [2.75, 3.05) is 5.75 Å². The monoisotopic (exact) mass is 244 g/mol. The fraction of sp³-hybridized carbons (Fsp3) is 0.167. The smallest absolute Gasteiger partial charge is 0.166 e. The van der Waals surface area contributed by atoms with Gasteiger partial charge in [-0.2, -0.15) is 0 Å². The van der Waals surface area contributed by atoms with Crippen LogP contribution in [0.3, 0.4) is 0 Å². The fourth-order valence-electron chi connectivity index (χ4n) is 1.66. The Morgan fingerprint density at radius 2 is 2.24 bits per heavy atom. The van der Waals surface area contributed by atoms with Crippen molar-refractivity contribution in [3.8, 4) is 0 Å². The van der Waals surface area contributed by atoms with E-state index in [4.69, 9.17) is 0 Å². The van der Waals surface area contributed by atoms with Gasteiger partial charge in [0.25, 0.3) is 0 Å². The van der Waals surface area contributed by atoms with E-state index in [-0.39, 0.29) is 0 Å². The molecule has 0 aliphatic heterocycles. The van der Waals surface area contributed by atoms with Crippen molar-refractivity contribution in [1.82, 2.24) is 19.5 Å². The van der Waals surface area contributed by atoms with Crippen molar-refractivity contribution < 1.29 is 0 Å². The number of H-pyrrole nitrogens is 1. The standard InChI is InChI=1S/C12H12N4S/c1-2-4-11-10(3-1)14-12(15-11)17-8-7-16-6-5-13-9-16/h1-6,9H,7-8H2,(H,14,15). The van der Waals surface area contributed by atoms with Crippen LogP contribution < -0.4 is 0 Å². The van der Waals surface area contributed by atoms with Gasteiger partial charge in [-0.3, -0.25) is 0 Å². The summed E-state index contributed by atoms with van der Waals surface area (Å²) in [5.41, 5.74) is 2.12. The zero-order valence-electron chi connectivity index (χ0n) is 9.21. The molecule has 4 nitrogen and oxygen atoms in total. The summed E-state index contributed by atoms with van der Waals surface area (Å²) in [6.45, 7) is 0.946. The second-order valence-electron chi connectivity index (χ2n) is 3.71. The lowest BCUT2D eigenvalue weighted by molar-refractivity contribution is 0.769. The number of hydrogen-bond donors (Lipinski definition) is 1. The summed E-state index contributed by atoms with van der Waals surface area (Å²) in [4.78, 5) is 11.8. The number of rotatable bonds is 4. The number of hydrogen-bond acceptors (Lipinski definition) is 3. The molecular formula is C12H12N4S. The lowest BCUT2D eigenvalue weighted by Crippen LogP contribution is -1.96. The summed E-state index contributed by atoms with van der Waals surface area (Å²) in [7, 11) is 0. The number of fused-ring (bicyclic) bond motifs is 1. The predicted molar refractivity (Wildman–Crippen MR) is 69.0 cm³/mol. The predicted octanol–water partition coefficient (Wildman–Crippen LogP) is 2.55. The summed E-state index contributed by atoms with van der Waals surface area (Å²) in [6, 6.07) is 8.08. The van der Waals surface area contributed by atoms with Crippen molar-refractivity contribution in [1.29, 1.82) is 0 Å². The molecule has 1 N–H and O–H groups in total. The van der Waals surface area contributed by atoms with Crippen LogP contribution in [0, 0.1) is 0 Å². The first-order valence-corrected chi connectivity index (χ1v) is 6.44. The Hall–Kier alpha value is -1.75. The van der Waals surface area contributed by atoms with Crippen molar-refractivity contribution in [2.24, 2.45) is 0 Å². The van der Waals surface area contributed by atoms with E-state index < -0.39 is 0 Å². The van der Waals surface area contributed by atoms with Crippen LogP contribution >= 0.6 is 11.8 Å². The molecule has 0 fully saturated rings. The van der Waals surface area contributed by atoms with Gasteiger partial charge < -0.3 is 9.55 Å². The van der Waals surface area contributed by atoms with Crippen LogP contribution in [0.25, 0.3) is 11.0 Å². The minimum atomic E-state index is 0.946. The molecule has 0 amide bonds. The molecule has 86 valence electrons. The second kappa shape index (κ2) is 4.63. The van der Waals surface area contributed by atoms with E-state index in [1.807, 2.05) is 36.8 Å². The van der Waals surface area contributed by atoms with E-state index in [1.165, 1.54) is 0 Å². The van der Waals surface area contributed by atoms with Crippen molar-refractivity contribution in [3.05, 3.63) is 43.0 Å². The maximum absolute atomic E-state index is 4.51. The molecule has 0 saturated carbocycles. The summed E-state index contributed by atoms with van der Waals surface area (Å²) < 4.78 is 2.07. The molecule has 0 spiro atoms. The summed E-state index contributed by atoms with van der Waals surface area (Å²) in [6.07, 6.45) is 5.60. The van der Waals surface area contributed by atoms with Gasteiger partial charge in [0.15, 0.2) is 5.16 Å². The van der Waals surface area contributed by atoms with Crippen LogP contribution in [0.2, 0.25) is 0 Å². The lowest BCUT2D eigenvalue weighted by atomic mass is 10.3. The average Bonchev–Trinajstić information content (AvgIpc) is 2.96. The highest BCUT2D eigenvalue weighted by Crippen LogP contribution is 2.19. The van der Waals surface area contributed by atoms with Gasteiger partial charge in [0.2, 0.25) is 0 Å². The number of nitrogens with zero attached hydrogens (tertiary/aromatic N) is 3.